The number of piperidine rings is 1. The van der Waals surface area contributed by atoms with Gasteiger partial charge in [-0.25, -0.2) is 4.79 Å². The van der Waals surface area contributed by atoms with Crippen LogP contribution in [0.15, 0.2) is 24.3 Å². The molecule has 0 unspecified atom stereocenters. The summed E-state index contributed by atoms with van der Waals surface area (Å²) in [4.78, 5) is 28.0. The summed E-state index contributed by atoms with van der Waals surface area (Å²) in [5.74, 6) is -0.811. The normalized spacial score (nSPS) is 17.0. The van der Waals surface area contributed by atoms with Gasteiger partial charge in [-0.1, -0.05) is 24.6 Å². The van der Waals surface area contributed by atoms with E-state index in [-0.39, 0.29) is 24.2 Å². The van der Waals surface area contributed by atoms with Crippen LogP contribution in [0.2, 0.25) is 5.02 Å². The fourth-order valence-corrected chi connectivity index (χ4v) is 3.50. The van der Waals surface area contributed by atoms with Gasteiger partial charge in [-0.05, 0) is 50.8 Å². The number of likely N-dealkylation sites (tertiary alicyclic amines) is 1. The van der Waals surface area contributed by atoms with Gasteiger partial charge in [0, 0.05) is 17.6 Å². The third-order valence-corrected chi connectivity index (χ3v) is 5.00. The Morgan fingerprint density at radius 3 is 2.85 bits per heavy atom. The molecule has 7 nitrogen and oxygen atoms in total. The summed E-state index contributed by atoms with van der Waals surface area (Å²) in [6, 6.07) is 7.23. The highest BCUT2D eigenvalue weighted by atomic mass is 35.5. The Bertz CT molecular complexity index is 836. The number of carbonyl (C=O) groups excluding carboxylic acids is 2. The molecule has 1 aromatic carbocycles. The molecule has 1 saturated heterocycles. The van der Waals surface area contributed by atoms with Gasteiger partial charge in [0.2, 0.25) is 0 Å². The molecule has 144 valence electrons. The molecule has 0 saturated carbocycles. The molecule has 2 heterocycles. The number of halogens is 1. The molecule has 1 fully saturated rings. The van der Waals surface area contributed by atoms with E-state index in [1.54, 1.807) is 31.2 Å². The van der Waals surface area contributed by atoms with Crippen molar-refractivity contribution in [3.05, 3.63) is 40.7 Å². The molecule has 0 aliphatic carbocycles. The van der Waals surface area contributed by atoms with E-state index in [0.29, 0.717) is 16.4 Å². The predicted molar refractivity (Wildman–Crippen MR) is 101 cm³/mol. The first kappa shape index (κ1) is 19.4. The monoisotopic (exact) mass is 390 g/mol. The summed E-state index contributed by atoms with van der Waals surface area (Å²) in [5.41, 5.74) is 1.16. The summed E-state index contributed by atoms with van der Waals surface area (Å²) >= 11 is 5.98. The molecule has 1 atom stereocenters. The van der Waals surface area contributed by atoms with Crippen molar-refractivity contribution in [1.29, 1.82) is 0 Å². The highest BCUT2D eigenvalue weighted by molar-refractivity contribution is 6.30. The maximum Gasteiger partial charge on any atom is 0.361 e. The van der Waals surface area contributed by atoms with Crippen LogP contribution in [-0.4, -0.2) is 51.0 Å². The highest BCUT2D eigenvalue weighted by Crippen LogP contribution is 2.20. The number of amides is 1. The largest absolute Gasteiger partial charge is 0.451 e. The summed E-state index contributed by atoms with van der Waals surface area (Å²) in [6.07, 6.45) is 4.03. The number of aromatic nitrogens is 3. The molecular weight excluding hydrogens is 368 g/mol. The van der Waals surface area contributed by atoms with E-state index in [2.05, 4.69) is 17.1 Å². The number of hydrogen-bond acceptors (Lipinski definition) is 5. The van der Waals surface area contributed by atoms with E-state index in [0.717, 1.165) is 32.2 Å². The van der Waals surface area contributed by atoms with Gasteiger partial charge >= 0.3 is 5.97 Å². The van der Waals surface area contributed by atoms with Crippen LogP contribution in [0.1, 0.15) is 48.8 Å². The van der Waals surface area contributed by atoms with Gasteiger partial charge in [-0.3, -0.25) is 4.79 Å². The Hall–Kier alpha value is -2.41. The summed E-state index contributed by atoms with van der Waals surface area (Å²) in [6.45, 7) is 4.18. The number of hydrogen-bond donors (Lipinski definition) is 0. The number of aryl methyl sites for hydroxylation is 1. The molecule has 0 bridgehead atoms. The van der Waals surface area contributed by atoms with Crippen molar-refractivity contribution < 1.29 is 14.3 Å². The van der Waals surface area contributed by atoms with E-state index in [1.165, 1.54) is 4.80 Å². The Kier molecular flexibility index (Phi) is 6.11. The molecule has 2 aromatic rings. The Labute approximate surface area is 163 Å². The third kappa shape index (κ3) is 4.47. The molecule has 1 amide bonds. The van der Waals surface area contributed by atoms with Gasteiger partial charge in [-0.2, -0.15) is 9.90 Å². The summed E-state index contributed by atoms with van der Waals surface area (Å²) in [5, 5.41) is 8.97. The standard InChI is InChI=1S/C19H23ClN4O3/c1-3-15-8-4-5-10-23(15)17(25)12-27-19(26)18-13(2)21-24(22-18)16-9-6-7-14(20)11-16/h6-7,9,11,15H,3-5,8,10,12H2,1-2H3/t15-/m0/s1. The zero-order chi connectivity index (χ0) is 19.4. The first-order valence-corrected chi connectivity index (χ1v) is 9.54. The Morgan fingerprint density at radius 1 is 1.30 bits per heavy atom. The lowest BCUT2D eigenvalue weighted by molar-refractivity contribution is -0.138. The minimum Gasteiger partial charge on any atom is -0.451 e. The van der Waals surface area contributed by atoms with Crippen molar-refractivity contribution in [2.75, 3.05) is 13.2 Å². The minimum atomic E-state index is -0.654. The average molecular weight is 391 g/mol. The van der Waals surface area contributed by atoms with Crippen LogP contribution < -0.4 is 0 Å². The fraction of sp³-hybridized carbons (Fsp3) is 0.474. The second-order valence-electron chi connectivity index (χ2n) is 6.62. The smallest absolute Gasteiger partial charge is 0.361 e. The lowest BCUT2D eigenvalue weighted by Gasteiger charge is -2.35. The van der Waals surface area contributed by atoms with E-state index >= 15 is 0 Å². The van der Waals surface area contributed by atoms with Crippen molar-refractivity contribution in [3.63, 3.8) is 0 Å². The van der Waals surface area contributed by atoms with Crippen molar-refractivity contribution in [2.45, 2.75) is 45.6 Å². The second kappa shape index (κ2) is 8.52. The lowest BCUT2D eigenvalue weighted by atomic mass is 10.00. The van der Waals surface area contributed by atoms with Gasteiger partial charge in [0.05, 0.1) is 11.4 Å². The third-order valence-electron chi connectivity index (χ3n) is 4.76. The maximum atomic E-state index is 12.4. The number of benzene rings is 1. The zero-order valence-electron chi connectivity index (χ0n) is 15.5. The van der Waals surface area contributed by atoms with Gasteiger partial charge in [0.15, 0.2) is 12.3 Å². The van der Waals surface area contributed by atoms with Crippen LogP contribution in [0, 0.1) is 6.92 Å². The Morgan fingerprint density at radius 2 is 2.11 bits per heavy atom. The van der Waals surface area contributed by atoms with Crippen LogP contribution in [0.5, 0.6) is 0 Å². The highest BCUT2D eigenvalue weighted by Gasteiger charge is 2.27. The second-order valence-corrected chi connectivity index (χ2v) is 7.06. The fourth-order valence-electron chi connectivity index (χ4n) is 3.32. The molecule has 0 radical (unpaired) electrons. The van der Waals surface area contributed by atoms with Crippen molar-refractivity contribution in [2.24, 2.45) is 0 Å². The molecule has 8 heteroatoms. The van der Waals surface area contributed by atoms with E-state index in [4.69, 9.17) is 16.3 Å². The first-order valence-electron chi connectivity index (χ1n) is 9.16. The minimum absolute atomic E-state index is 0.0912. The number of esters is 1. The molecule has 3 rings (SSSR count). The lowest BCUT2D eigenvalue weighted by Crippen LogP contribution is -2.45. The maximum absolute atomic E-state index is 12.4. The van der Waals surface area contributed by atoms with Gasteiger partial charge < -0.3 is 9.64 Å². The number of carbonyl (C=O) groups is 2. The molecule has 0 N–H and O–H groups in total. The van der Waals surface area contributed by atoms with Crippen molar-refractivity contribution >= 4 is 23.5 Å². The summed E-state index contributed by atoms with van der Waals surface area (Å²) in [7, 11) is 0. The number of rotatable bonds is 5. The predicted octanol–water partition coefficient (Wildman–Crippen LogP) is 3.18. The number of nitrogens with zero attached hydrogens (tertiary/aromatic N) is 4. The van der Waals surface area contributed by atoms with Crippen LogP contribution in [0.4, 0.5) is 0 Å². The first-order chi connectivity index (χ1) is 13.0. The number of ether oxygens (including phenoxy) is 1. The quantitative estimate of drug-likeness (QED) is 0.733. The molecule has 27 heavy (non-hydrogen) atoms. The van der Waals surface area contributed by atoms with Crippen molar-refractivity contribution in [1.82, 2.24) is 19.9 Å². The molecular formula is C19H23ClN4O3. The molecule has 1 aromatic heterocycles. The van der Waals surface area contributed by atoms with Crippen LogP contribution >= 0.6 is 11.6 Å². The Balaban J connectivity index is 1.65. The molecule has 0 spiro atoms. The van der Waals surface area contributed by atoms with Crippen LogP contribution in [0.3, 0.4) is 0 Å². The van der Waals surface area contributed by atoms with E-state index in [9.17, 15) is 9.59 Å². The zero-order valence-corrected chi connectivity index (χ0v) is 16.3. The van der Waals surface area contributed by atoms with Crippen LogP contribution in [0.25, 0.3) is 5.69 Å². The van der Waals surface area contributed by atoms with Gasteiger partial charge in [-0.15, -0.1) is 5.10 Å². The topological polar surface area (TPSA) is 77.3 Å². The SMILES string of the molecule is CC[C@H]1CCCCN1C(=O)COC(=O)c1nn(-c2cccc(Cl)c2)nc1C. The van der Waals surface area contributed by atoms with E-state index < -0.39 is 5.97 Å². The molecule has 1 aliphatic heterocycles. The van der Waals surface area contributed by atoms with Gasteiger partial charge in [0.1, 0.15) is 0 Å². The van der Waals surface area contributed by atoms with E-state index in [1.807, 2.05) is 4.90 Å². The van der Waals surface area contributed by atoms with Gasteiger partial charge in [0.25, 0.3) is 5.91 Å². The average Bonchev–Trinajstić information content (AvgIpc) is 3.07. The van der Waals surface area contributed by atoms with Crippen LogP contribution in [-0.2, 0) is 9.53 Å². The molecule has 1 aliphatic rings. The van der Waals surface area contributed by atoms with Crippen molar-refractivity contribution in [3.8, 4) is 5.69 Å². The summed E-state index contributed by atoms with van der Waals surface area (Å²) < 4.78 is 5.22.